The summed E-state index contributed by atoms with van der Waals surface area (Å²) in [4.78, 5) is 24.3. The molecule has 6 rings (SSSR count). The first kappa shape index (κ1) is 60.0. The molecule has 6 fully saturated rings. The highest BCUT2D eigenvalue weighted by Gasteiger charge is 2.58. The summed E-state index contributed by atoms with van der Waals surface area (Å²) in [6.07, 6.45) is -53.7. The first-order valence-electron chi connectivity index (χ1n) is 23.1. The SMILES string of the molecule is CC(=O)N[C@@H]1[C@@H](O)[C@H](O[C@@H]2O[C@H](CO)[C@@H](O[C@@H]3O[C@H](CO)[C@@H](O)[C@H](O[C@H]4O[C@H](CO)[C@@H](O)[C@H](O[C@H]5O[C@H](CO)[C@@H](O)[C@H](O[C@H]6O[C@H](CO)[C@@H](O)[C@H](O)[C@@H]6O)[C@@H]5O)[C@@H]4O)[C@@H]3O)[C@H](O)[C@H]2NC(C)=O)[C@@H](CO)O[C@H]1O. The van der Waals surface area contributed by atoms with E-state index in [0.29, 0.717) is 0 Å². The van der Waals surface area contributed by atoms with Crippen LogP contribution in [-0.4, -0.2) is 327 Å². The molecule has 0 unspecified atom stereocenters. The van der Waals surface area contributed by atoms with E-state index in [1.165, 1.54) is 0 Å². The van der Waals surface area contributed by atoms with Crippen LogP contribution in [0.5, 0.6) is 0 Å². The van der Waals surface area contributed by atoms with E-state index in [4.69, 9.17) is 52.1 Å². The fourth-order valence-electron chi connectivity index (χ4n) is 9.31. The van der Waals surface area contributed by atoms with Crippen molar-refractivity contribution in [3.8, 4) is 0 Å². The quantitative estimate of drug-likeness (QED) is 0.0606. The van der Waals surface area contributed by atoms with Crippen LogP contribution in [0.1, 0.15) is 13.8 Å². The standard InChI is InChI=1S/C40H68N2O31/c1-9(49)41-17-23(55)30(15(7-47)63-35(17)62)69-36-18(42-10(2)50)24(56)31(16(8-48)68-36)70-38-27(59)33(21(53)12(4-44)65-38)72-40-29(61)34(22(54)14(6-46)67-40)73-39-28(60)32(20(52)13(5-45)66-39)71-37-26(58)25(57)19(51)11(3-43)64-37/h11-40,43-48,51-62H,3-8H2,1-2H3,(H,41,49)(H,42,50)/t11-,12-,13-,14-,15-,16-,17-,18-,19-,20-,21-,22-,23-,24-,25+,26+,27+,28+,29+,30-,31-,32+,33+,34+,35-,36+,37-,38+,39-,40-/m1/s1. The lowest BCUT2D eigenvalue weighted by Gasteiger charge is -2.50. The van der Waals surface area contributed by atoms with Crippen molar-refractivity contribution in [2.45, 2.75) is 198 Å². The molecule has 0 spiro atoms. The second kappa shape index (κ2) is 26.0. The molecule has 73 heavy (non-hydrogen) atoms. The number of ether oxygens (including phenoxy) is 11. The van der Waals surface area contributed by atoms with Gasteiger partial charge in [0.25, 0.3) is 0 Å². The van der Waals surface area contributed by atoms with E-state index in [0.717, 1.165) is 13.8 Å². The number of hydrogen-bond donors (Lipinski definition) is 20. The maximum atomic E-state index is 12.5. The van der Waals surface area contributed by atoms with E-state index < -0.39 is 236 Å². The van der Waals surface area contributed by atoms with Crippen molar-refractivity contribution in [2.24, 2.45) is 0 Å². The zero-order valence-electron chi connectivity index (χ0n) is 38.9. The van der Waals surface area contributed by atoms with E-state index in [2.05, 4.69) is 10.6 Å². The van der Waals surface area contributed by atoms with Crippen LogP contribution in [0.4, 0.5) is 0 Å². The van der Waals surface area contributed by atoms with Crippen molar-refractivity contribution in [1.29, 1.82) is 0 Å². The molecule has 0 aromatic rings. The number of aliphatic hydroxyl groups excluding tert-OH is 18. The van der Waals surface area contributed by atoms with Gasteiger partial charge in [-0.05, 0) is 0 Å². The number of rotatable bonds is 18. The van der Waals surface area contributed by atoms with Gasteiger partial charge in [0.2, 0.25) is 11.8 Å². The molecule has 6 heterocycles. The molecule has 6 aliphatic heterocycles. The van der Waals surface area contributed by atoms with Crippen LogP contribution in [0.3, 0.4) is 0 Å². The summed E-state index contributed by atoms with van der Waals surface area (Å²) < 4.78 is 62.1. The van der Waals surface area contributed by atoms with Crippen LogP contribution in [0.2, 0.25) is 0 Å². The molecule has 2 amide bonds. The minimum absolute atomic E-state index is 0.704. The minimum atomic E-state index is -2.26. The van der Waals surface area contributed by atoms with Gasteiger partial charge in [0.1, 0.15) is 146 Å². The zero-order valence-corrected chi connectivity index (χ0v) is 38.9. The summed E-state index contributed by atoms with van der Waals surface area (Å²) in [5.41, 5.74) is 0. The number of carbonyl (C=O) groups excluding carboxylic acids is 2. The Labute approximate surface area is 413 Å². The van der Waals surface area contributed by atoms with Crippen molar-refractivity contribution in [3.05, 3.63) is 0 Å². The van der Waals surface area contributed by atoms with Gasteiger partial charge in [0.05, 0.1) is 39.6 Å². The predicted octanol–water partition coefficient (Wildman–Crippen LogP) is -13.8. The third-order valence-corrected chi connectivity index (χ3v) is 13.2. The Bertz CT molecular complexity index is 1750. The van der Waals surface area contributed by atoms with Crippen molar-refractivity contribution in [3.63, 3.8) is 0 Å². The normalized spacial score (nSPS) is 49.8. The lowest BCUT2D eigenvalue weighted by molar-refractivity contribution is -0.395. The van der Waals surface area contributed by atoms with Crippen LogP contribution in [-0.2, 0) is 61.7 Å². The van der Waals surface area contributed by atoms with Gasteiger partial charge in [-0.25, -0.2) is 0 Å². The summed E-state index contributed by atoms with van der Waals surface area (Å²) in [6.45, 7) is -3.74. The number of nitrogens with one attached hydrogen (secondary N) is 2. The molecular formula is C40H68N2O31. The first-order chi connectivity index (χ1) is 34.5. The largest absolute Gasteiger partial charge is 0.394 e. The zero-order chi connectivity index (χ0) is 53.9. The van der Waals surface area contributed by atoms with Crippen molar-refractivity contribution in [1.82, 2.24) is 10.6 Å². The Morgan fingerprint density at radius 2 is 0.616 bits per heavy atom. The Morgan fingerprint density at radius 3 is 0.986 bits per heavy atom. The van der Waals surface area contributed by atoms with E-state index >= 15 is 0 Å². The third kappa shape index (κ3) is 12.9. The molecule has 0 radical (unpaired) electrons. The molecule has 33 nitrogen and oxygen atoms in total. The molecule has 0 bridgehead atoms. The molecule has 424 valence electrons. The van der Waals surface area contributed by atoms with Crippen LogP contribution in [0, 0.1) is 0 Å². The summed E-state index contributed by atoms with van der Waals surface area (Å²) in [7, 11) is 0. The van der Waals surface area contributed by atoms with Gasteiger partial charge < -0.3 is 155 Å². The highest BCUT2D eigenvalue weighted by Crippen LogP contribution is 2.37. The Kier molecular flexibility index (Phi) is 21.3. The fourth-order valence-corrected chi connectivity index (χ4v) is 9.31. The lowest BCUT2D eigenvalue weighted by atomic mass is 9.94. The highest BCUT2D eigenvalue weighted by molar-refractivity contribution is 5.73. The monoisotopic (exact) mass is 1070 g/mol. The van der Waals surface area contributed by atoms with Gasteiger partial charge in [0.15, 0.2) is 37.7 Å². The van der Waals surface area contributed by atoms with Gasteiger partial charge in [-0.1, -0.05) is 0 Å². The Hall–Kier alpha value is -2.22. The number of hydrogen-bond acceptors (Lipinski definition) is 31. The van der Waals surface area contributed by atoms with Crippen LogP contribution >= 0.6 is 0 Å². The molecule has 0 aliphatic carbocycles. The predicted molar refractivity (Wildman–Crippen MR) is 222 cm³/mol. The van der Waals surface area contributed by atoms with Gasteiger partial charge in [0, 0.05) is 13.8 Å². The summed E-state index contributed by atoms with van der Waals surface area (Å²) in [6, 6.07) is -3.22. The van der Waals surface area contributed by atoms with Crippen molar-refractivity contribution >= 4 is 11.8 Å². The summed E-state index contributed by atoms with van der Waals surface area (Å²) in [5.74, 6) is -1.51. The maximum absolute atomic E-state index is 12.5. The third-order valence-electron chi connectivity index (χ3n) is 13.2. The molecule has 6 aliphatic rings. The number of carbonyl (C=O) groups is 2. The van der Waals surface area contributed by atoms with Crippen LogP contribution < -0.4 is 10.6 Å². The molecule has 6 saturated heterocycles. The van der Waals surface area contributed by atoms with Gasteiger partial charge >= 0.3 is 0 Å². The Balaban J connectivity index is 1.19. The van der Waals surface area contributed by atoms with Gasteiger partial charge in [-0.3, -0.25) is 9.59 Å². The molecule has 33 heteroatoms. The second-order valence-electron chi connectivity index (χ2n) is 18.2. The molecule has 0 aromatic carbocycles. The summed E-state index contributed by atoms with van der Waals surface area (Å²) >= 11 is 0. The molecular weight excluding hydrogens is 1000 g/mol. The van der Waals surface area contributed by atoms with Crippen LogP contribution in [0.25, 0.3) is 0 Å². The first-order valence-corrected chi connectivity index (χ1v) is 23.1. The smallest absolute Gasteiger partial charge is 0.217 e. The molecule has 0 saturated carbocycles. The second-order valence-corrected chi connectivity index (χ2v) is 18.2. The molecule has 30 atom stereocenters. The van der Waals surface area contributed by atoms with Crippen molar-refractivity contribution < 1.29 is 154 Å². The van der Waals surface area contributed by atoms with Crippen molar-refractivity contribution in [2.75, 3.05) is 39.6 Å². The molecule has 20 N–H and O–H groups in total. The summed E-state index contributed by atoms with van der Waals surface area (Å²) in [5, 5.41) is 198. The lowest BCUT2D eigenvalue weighted by Crippen LogP contribution is -2.70. The van der Waals surface area contributed by atoms with Gasteiger partial charge in [-0.15, -0.1) is 0 Å². The number of amides is 2. The molecule has 0 aromatic heterocycles. The number of aliphatic hydroxyl groups is 18. The van der Waals surface area contributed by atoms with E-state index in [-0.39, 0.29) is 0 Å². The van der Waals surface area contributed by atoms with Gasteiger partial charge in [-0.2, -0.15) is 0 Å². The Morgan fingerprint density at radius 1 is 0.329 bits per heavy atom. The maximum Gasteiger partial charge on any atom is 0.217 e. The van der Waals surface area contributed by atoms with E-state index in [1.807, 2.05) is 0 Å². The fraction of sp³-hybridized carbons (Fsp3) is 0.950. The average Bonchev–Trinajstić information content (AvgIpc) is 3.35. The highest BCUT2D eigenvalue weighted by atomic mass is 16.8. The average molecular weight is 1070 g/mol. The van der Waals surface area contributed by atoms with E-state index in [9.17, 15) is 102 Å². The minimum Gasteiger partial charge on any atom is -0.394 e. The van der Waals surface area contributed by atoms with E-state index in [1.54, 1.807) is 0 Å². The topological polar surface area (TPSA) is 524 Å². The van der Waals surface area contributed by atoms with Crippen LogP contribution in [0.15, 0.2) is 0 Å².